The van der Waals surface area contributed by atoms with Crippen molar-refractivity contribution in [3.63, 3.8) is 0 Å². The van der Waals surface area contributed by atoms with E-state index in [9.17, 15) is 23.1 Å². The van der Waals surface area contributed by atoms with Crippen molar-refractivity contribution in [2.75, 3.05) is 6.61 Å². The first-order valence-electron chi connectivity index (χ1n) is 7.69. The molecule has 0 bridgehead atoms. The highest BCUT2D eigenvalue weighted by molar-refractivity contribution is 5.73. The summed E-state index contributed by atoms with van der Waals surface area (Å²) in [7, 11) is 0. The molecule has 1 unspecified atom stereocenters. The lowest BCUT2D eigenvalue weighted by atomic mass is 9.90. The van der Waals surface area contributed by atoms with Crippen molar-refractivity contribution < 1.29 is 23.1 Å². The Hall–Kier alpha value is -1.60. The van der Waals surface area contributed by atoms with Crippen molar-refractivity contribution in [1.29, 1.82) is 0 Å². The average Bonchev–Trinajstić information content (AvgIpc) is 2.51. The first kappa shape index (κ1) is 17.7. The van der Waals surface area contributed by atoms with Crippen molar-refractivity contribution in [2.45, 2.75) is 50.7 Å². The number of nitrogens with one attached hydrogen (secondary N) is 2. The quantitative estimate of drug-likeness (QED) is 0.725. The molecule has 3 N–H and O–H groups in total. The van der Waals surface area contributed by atoms with E-state index in [1.807, 2.05) is 0 Å². The number of carbonyl (C=O) groups is 1. The maximum Gasteiger partial charge on any atom is 0.217 e. The largest absolute Gasteiger partial charge is 0.394 e. The number of hydrogen-bond donors (Lipinski definition) is 3. The second-order valence-corrected chi connectivity index (χ2v) is 5.95. The molecule has 1 amide bonds. The Morgan fingerprint density at radius 3 is 2.17 bits per heavy atom. The van der Waals surface area contributed by atoms with Crippen LogP contribution in [0.25, 0.3) is 0 Å². The molecule has 2 rings (SSSR count). The summed E-state index contributed by atoms with van der Waals surface area (Å²) in [5.41, 5.74) is 0.174. The minimum atomic E-state index is -1.51. The van der Waals surface area contributed by atoms with Gasteiger partial charge in [0.1, 0.15) is 0 Å². The van der Waals surface area contributed by atoms with Crippen molar-refractivity contribution >= 4 is 5.91 Å². The second-order valence-electron chi connectivity index (χ2n) is 5.95. The molecule has 0 heterocycles. The van der Waals surface area contributed by atoms with Crippen LogP contribution in [0.3, 0.4) is 0 Å². The van der Waals surface area contributed by atoms with Crippen LogP contribution in [0.5, 0.6) is 0 Å². The van der Waals surface area contributed by atoms with Crippen LogP contribution in [-0.2, 0) is 4.79 Å². The third-order valence-electron chi connectivity index (χ3n) is 4.16. The molecule has 4 nitrogen and oxygen atoms in total. The van der Waals surface area contributed by atoms with E-state index in [0.717, 1.165) is 37.8 Å². The van der Waals surface area contributed by atoms with Gasteiger partial charge in [-0.05, 0) is 43.4 Å². The number of hydrogen-bond acceptors (Lipinski definition) is 3. The molecule has 1 aliphatic carbocycles. The lowest BCUT2D eigenvalue weighted by molar-refractivity contribution is -0.119. The molecule has 0 spiro atoms. The van der Waals surface area contributed by atoms with Crippen LogP contribution >= 0.6 is 0 Å². The Labute approximate surface area is 133 Å². The third-order valence-corrected chi connectivity index (χ3v) is 4.16. The summed E-state index contributed by atoms with van der Waals surface area (Å²) in [5, 5.41) is 15.5. The molecule has 1 atom stereocenters. The van der Waals surface area contributed by atoms with Crippen molar-refractivity contribution in [3.05, 3.63) is 35.1 Å². The molecule has 1 aromatic carbocycles. The number of halogens is 3. The molecular weight excluding hydrogens is 309 g/mol. The minimum absolute atomic E-state index is 0.0630. The van der Waals surface area contributed by atoms with E-state index < -0.39 is 23.5 Å². The maximum absolute atomic E-state index is 13.3. The Bertz CT molecular complexity index is 537. The highest BCUT2D eigenvalue weighted by Gasteiger charge is 2.25. The second kappa shape index (κ2) is 7.79. The van der Waals surface area contributed by atoms with Crippen molar-refractivity contribution in [2.24, 2.45) is 0 Å². The number of aliphatic hydroxyl groups excluding tert-OH is 1. The van der Waals surface area contributed by atoms with Gasteiger partial charge in [-0.3, -0.25) is 4.79 Å². The van der Waals surface area contributed by atoms with E-state index >= 15 is 0 Å². The van der Waals surface area contributed by atoms with E-state index in [4.69, 9.17) is 0 Å². The molecule has 128 valence electrons. The van der Waals surface area contributed by atoms with Crippen LogP contribution in [0.1, 0.15) is 44.2 Å². The van der Waals surface area contributed by atoms with Gasteiger partial charge in [0.15, 0.2) is 17.5 Å². The van der Waals surface area contributed by atoms with E-state index in [1.54, 1.807) is 0 Å². The molecule has 0 aliphatic heterocycles. The molecule has 1 aromatic rings. The van der Waals surface area contributed by atoms with E-state index in [-0.39, 0.29) is 30.2 Å². The minimum Gasteiger partial charge on any atom is -0.394 e. The van der Waals surface area contributed by atoms with Gasteiger partial charge in [-0.2, -0.15) is 0 Å². The van der Waals surface area contributed by atoms with Crippen molar-refractivity contribution in [3.8, 4) is 0 Å². The SMILES string of the molecule is CC(=O)NC1CCC(NC(CO)c2cc(F)c(F)c(F)c2)CC1. The van der Waals surface area contributed by atoms with E-state index in [1.165, 1.54) is 6.92 Å². The van der Waals surface area contributed by atoms with Crippen molar-refractivity contribution in [1.82, 2.24) is 10.6 Å². The smallest absolute Gasteiger partial charge is 0.217 e. The highest BCUT2D eigenvalue weighted by atomic mass is 19.2. The van der Waals surface area contributed by atoms with Crippen LogP contribution < -0.4 is 10.6 Å². The predicted octanol–water partition coefficient (Wildman–Crippen LogP) is 2.17. The zero-order valence-electron chi connectivity index (χ0n) is 12.9. The lowest BCUT2D eigenvalue weighted by Crippen LogP contribution is -2.43. The van der Waals surface area contributed by atoms with Crippen LogP contribution in [-0.4, -0.2) is 29.7 Å². The molecule has 1 fully saturated rings. The molecule has 0 saturated heterocycles. The fourth-order valence-electron chi connectivity index (χ4n) is 3.01. The fourth-order valence-corrected chi connectivity index (χ4v) is 3.01. The van der Waals surface area contributed by atoms with Gasteiger partial charge >= 0.3 is 0 Å². The number of benzene rings is 1. The van der Waals surface area contributed by atoms with Crippen LogP contribution in [0.2, 0.25) is 0 Å². The summed E-state index contributed by atoms with van der Waals surface area (Å²) in [6.45, 7) is 1.12. The van der Waals surface area contributed by atoms with Crippen LogP contribution in [0.4, 0.5) is 13.2 Å². The maximum atomic E-state index is 13.3. The van der Waals surface area contributed by atoms with Gasteiger partial charge in [-0.15, -0.1) is 0 Å². The Morgan fingerprint density at radius 1 is 1.17 bits per heavy atom. The summed E-state index contributed by atoms with van der Waals surface area (Å²) in [6, 6.07) is 1.33. The molecule has 23 heavy (non-hydrogen) atoms. The van der Waals surface area contributed by atoms with Gasteiger partial charge in [-0.25, -0.2) is 13.2 Å². The normalized spacial score (nSPS) is 22.7. The van der Waals surface area contributed by atoms with E-state index in [2.05, 4.69) is 10.6 Å². The van der Waals surface area contributed by atoms with Gasteiger partial charge in [0.05, 0.1) is 12.6 Å². The van der Waals surface area contributed by atoms with Gasteiger partial charge in [0.2, 0.25) is 5.91 Å². The topological polar surface area (TPSA) is 61.4 Å². The molecule has 1 aliphatic rings. The molecule has 0 radical (unpaired) electrons. The monoisotopic (exact) mass is 330 g/mol. The molecule has 0 aromatic heterocycles. The van der Waals surface area contributed by atoms with Gasteiger partial charge < -0.3 is 15.7 Å². The highest BCUT2D eigenvalue weighted by Crippen LogP contribution is 2.24. The summed E-state index contributed by atoms with van der Waals surface area (Å²) in [5.74, 6) is -4.11. The Kier molecular flexibility index (Phi) is 6.01. The number of rotatable bonds is 5. The third kappa shape index (κ3) is 4.68. The summed E-state index contributed by atoms with van der Waals surface area (Å²) >= 11 is 0. The fraction of sp³-hybridized carbons (Fsp3) is 0.562. The summed E-state index contributed by atoms with van der Waals surface area (Å²) in [4.78, 5) is 11.0. The molecule has 7 heteroatoms. The molecule has 1 saturated carbocycles. The summed E-state index contributed by atoms with van der Waals surface area (Å²) in [6.07, 6.45) is 3.13. The predicted molar refractivity (Wildman–Crippen MR) is 79.1 cm³/mol. The molecular formula is C16H21F3N2O2. The average molecular weight is 330 g/mol. The Balaban J connectivity index is 1.97. The van der Waals surface area contributed by atoms with E-state index in [0.29, 0.717) is 0 Å². The van der Waals surface area contributed by atoms with Gasteiger partial charge in [-0.1, -0.05) is 0 Å². The van der Waals surface area contributed by atoms with Gasteiger partial charge in [0.25, 0.3) is 0 Å². The Morgan fingerprint density at radius 2 is 1.70 bits per heavy atom. The first-order chi connectivity index (χ1) is 10.9. The van der Waals surface area contributed by atoms with Gasteiger partial charge in [0, 0.05) is 19.0 Å². The van der Waals surface area contributed by atoms with Crippen LogP contribution in [0.15, 0.2) is 12.1 Å². The van der Waals surface area contributed by atoms with Crippen LogP contribution in [0, 0.1) is 17.5 Å². The summed E-state index contributed by atoms with van der Waals surface area (Å²) < 4.78 is 39.7. The number of amides is 1. The lowest BCUT2D eigenvalue weighted by Gasteiger charge is -2.32. The zero-order chi connectivity index (χ0) is 17.0. The first-order valence-corrected chi connectivity index (χ1v) is 7.69. The standard InChI is InChI=1S/C16H21F3N2O2/c1-9(23)20-11-2-4-12(5-3-11)21-15(8-22)10-6-13(17)16(19)14(18)7-10/h6-7,11-12,15,21-22H,2-5,8H2,1H3,(H,20,23). The number of carbonyl (C=O) groups excluding carboxylic acids is 1. The number of aliphatic hydroxyl groups is 1. The zero-order valence-corrected chi connectivity index (χ0v) is 12.9.